The first-order valence-electron chi connectivity index (χ1n) is 8.30. The lowest BCUT2D eigenvalue weighted by molar-refractivity contribution is 0.0691. The van der Waals surface area contributed by atoms with Crippen LogP contribution in [0.4, 0.5) is 8.78 Å². The molecular weight excluding hydrogens is 376 g/mol. The minimum absolute atomic E-state index is 0.0950. The summed E-state index contributed by atoms with van der Waals surface area (Å²) < 4.78 is 37.8. The van der Waals surface area contributed by atoms with Crippen LogP contribution in [-0.4, -0.2) is 56.3 Å². The fourth-order valence-electron chi connectivity index (χ4n) is 3.14. The van der Waals surface area contributed by atoms with Gasteiger partial charge >= 0.3 is 12.0 Å². The topological polar surface area (TPSA) is 112 Å². The van der Waals surface area contributed by atoms with Crippen molar-refractivity contribution in [2.75, 3.05) is 14.2 Å². The Kier molecular flexibility index (Phi) is 4.28. The molecular formula is C17H15F2N5O4. The number of aromatic nitrogens is 5. The summed E-state index contributed by atoms with van der Waals surface area (Å²) in [6.45, 7) is 0. The van der Waals surface area contributed by atoms with E-state index >= 15 is 0 Å². The number of alkyl halides is 2. The largest absolute Gasteiger partial charge is 0.480 e. The summed E-state index contributed by atoms with van der Waals surface area (Å²) in [5.41, 5.74) is 1.27. The summed E-state index contributed by atoms with van der Waals surface area (Å²) in [7, 11) is 2.82. The third kappa shape index (κ3) is 2.98. The molecule has 0 spiro atoms. The van der Waals surface area contributed by atoms with Gasteiger partial charge in [0.1, 0.15) is 0 Å². The minimum atomic E-state index is -2.46. The molecule has 11 heteroatoms. The molecule has 0 aliphatic heterocycles. The molecule has 3 aromatic rings. The number of carboxylic acids is 1. The highest BCUT2D eigenvalue weighted by Crippen LogP contribution is 2.52. The van der Waals surface area contributed by atoms with Gasteiger partial charge in [0.15, 0.2) is 11.3 Å². The number of halogens is 2. The lowest BCUT2D eigenvalue weighted by Gasteiger charge is -2.10. The van der Waals surface area contributed by atoms with Crippen molar-refractivity contribution in [3.63, 3.8) is 0 Å². The molecule has 3 heterocycles. The first kappa shape index (κ1) is 18.0. The zero-order valence-electron chi connectivity index (χ0n) is 14.8. The number of rotatable bonds is 6. The van der Waals surface area contributed by atoms with Gasteiger partial charge in [0.25, 0.3) is 0 Å². The number of imidazole rings is 1. The standard InChI is InChI=1S/C17H15F2N5O4/c1-27-15-10(5-20-17(22-15)28-2)11-4-9(7-3-8(7)13(18)19)14-21-12(16(25)26)6-24(14)23-11/h4-8,13H,3H2,1-2H3,(H,25,26)/t7-,8-/m0/s1. The Hall–Kier alpha value is -3.37. The predicted octanol–water partition coefficient (Wildman–Crippen LogP) is 2.27. The molecule has 0 radical (unpaired) electrons. The van der Waals surface area contributed by atoms with Crippen molar-refractivity contribution < 1.29 is 28.2 Å². The average Bonchev–Trinajstić information content (AvgIpc) is 3.37. The smallest absolute Gasteiger partial charge is 0.356 e. The number of ether oxygens (including phenoxy) is 2. The maximum Gasteiger partial charge on any atom is 0.356 e. The number of hydrogen-bond acceptors (Lipinski definition) is 7. The number of methoxy groups -OCH3 is 2. The van der Waals surface area contributed by atoms with Gasteiger partial charge in [-0.3, -0.25) is 0 Å². The van der Waals surface area contributed by atoms with E-state index in [0.29, 0.717) is 23.2 Å². The summed E-state index contributed by atoms with van der Waals surface area (Å²) in [5, 5.41) is 13.6. The zero-order valence-corrected chi connectivity index (χ0v) is 14.8. The Balaban J connectivity index is 1.89. The normalized spacial score (nSPS) is 18.5. The molecule has 1 fully saturated rings. The molecule has 1 aliphatic rings. The monoisotopic (exact) mass is 391 g/mol. The van der Waals surface area contributed by atoms with Gasteiger partial charge in [-0.2, -0.15) is 10.1 Å². The van der Waals surface area contributed by atoms with E-state index in [4.69, 9.17) is 9.47 Å². The molecule has 1 saturated carbocycles. The third-order valence-corrected chi connectivity index (χ3v) is 4.62. The lowest BCUT2D eigenvalue weighted by atomic mass is 10.1. The van der Waals surface area contributed by atoms with Crippen LogP contribution >= 0.6 is 0 Å². The Morgan fingerprint density at radius 1 is 1.32 bits per heavy atom. The quantitative estimate of drug-likeness (QED) is 0.681. The number of aromatic carboxylic acids is 1. The van der Waals surface area contributed by atoms with E-state index in [2.05, 4.69) is 20.1 Å². The molecule has 4 rings (SSSR count). The van der Waals surface area contributed by atoms with Crippen LogP contribution in [0.25, 0.3) is 16.9 Å². The number of carbonyl (C=O) groups is 1. The average molecular weight is 391 g/mol. The van der Waals surface area contributed by atoms with Crippen molar-refractivity contribution in [2.24, 2.45) is 5.92 Å². The highest BCUT2D eigenvalue weighted by Gasteiger charge is 2.46. The number of nitrogens with zero attached hydrogens (tertiary/aromatic N) is 5. The van der Waals surface area contributed by atoms with Crippen molar-refractivity contribution >= 4 is 11.6 Å². The SMILES string of the molecule is COc1ncc(-c2cc([C@H]3C[C@@H]3C(F)F)c3nc(C(=O)O)cn3n2)c(OC)n1. The van der Waals surface area contributed by atoms with Gasteiger partial charge in [-0.15, -0.1) is 0 Å². The van der Waals surface area contributed by atoms with Gasteiger partial charge < -0.3 is 14.6 Å². The molecule has 0 bridgehead atoms. The highest BCUT2D eigenvalue weighted by atomic mass is 19.3. The second-order valence-corrected chi connectivity index (χ2v) is 6.30. The first-order valence-corrected chi connectivity index (χ1v) is 8.30. The zero-order chi connectivity index (χ0) is 20.0. The molecule has 9 nitrogen and oxygen atoms in total. The molecule has 2 atom stereocenters. The van der Waals surface area contributed by atoms with Gasteiger partial charge in [0.05, 0.1) is 31.7 Å². The van der Waals surface area contributed by atoms with Crippen LogP contribution in [0.3, 0.4) is 0 Å². The van der Waals surface area contributed by atoms with Gasteiger partial charge in [0.2, 0.25) is 12.3 Å². The number of fused-ring (bicyclic) bond motifs is 1. The molecule has 146 valence electrons. The summed E-state index contributed by atoms with van der Waals surface area (Å²) in [5.74, 6) is -2.27. The first-order chi connectivity index (χ1) is 13.4. The van der Waals surface area contributed by atoms with E-state index in [9.17, 15) is 18.7 Å². The Morgan fingerprint density at radius 2 is 2.11 bits per heavy atom. The van der Waals surface area contributed by atoms with Gasteiger partial charge in [0, 0.05) is 17.7 Å². The van der Waals surface area contributed by atoms with Crippen molar-refractivity contribution in [3.05, 3.63) is 29.7 Å². The lowest BCUT2D eigenvalue weighted by Crippen LogP contribution is -2.03. The summed E-state index contributed by atoms with van der Waals surface area (Å²) >= 11 is 0. The van der Waals surface area contributed by atoms with E-state index in [-0.39, 0.29) is 23.2 Å². The molecule has 28 heavy (non-hydrogen) atoms. The maximum absolute atomic E-state index is 13.1. The molecule has 0 saturated heterocycles. The van der Waals surface area contributed by atoms with Gasteiger partial charge in [-0.05, 0) is 18.4 Å². The van der Waals surface area contributed by atoms with Crippen LogP contribution in [0.5, 0.6) is 11.9 Å². The maximum atomic E-state index is 13.1. The van der Waals surface area contributed by atoms with Crippen molar-refractivity contribution in [3.8, 4) is 23.1 Å². The van der Waals surface area contributed by atoms with Crippen LogP contribution in [-0.2, 0) is 0 Å². The fourth-order valence-corrected chi connectivity index (χ4v) is 3.14. The molecule has 0 unspecified atom stereocenters. The van der Waals surface area contributed by atoms with E-state index in [1.807, 2.05) is 0 Å². The van der Waals surface area contributed by atoms with Crippen LogP contribution < -0.4 is 9.47 Å². The van der Waals surface area contributed by atoms with Gasteiger partial charge in [-0.25, -0.2) is 28.1 Å². The van der Waals surface area contributed by atoms with E-state index in [1.165, 1.54) is 31.1 Å². The minimum Gasteiger partial charge on any atom is -0.480 e. The summed E-state index contributed by atoms with van der Waals surface area (Å²) in [6.07, 6.45) is 0.507. The molecule has 0 aromatic carbocycles. The van der Waals surface area contributed by atoms with E-state index in [1.54, 1.807) is 6.07 Å². The summed E-state index contributed by atoms with van der Waals surface area (Å²) in [4.78, 5) is 23.5. The Labute approximate surface area is 157 Å². The van der Waals surface area contributed by atoms with Crippen molar-refractivity contribution in [1.29, 1.82) is 0 Å². The molecule has 1 aliphatic carbocycles. The predicted molar refractivity (Wildman–Crippen MR) is 90.9 cm³/mol. The van der Waals surface area contributed by atoms with Crippen LogP contribution in [0.15, 0.2) is 18.5 Å². The van der Waals surface area contributed by atoms with E-state index in [0.717, 1.165) is 0 Å². The van der Waals surface area contributed by atoms with Crippen molar-refractivity contribution in [1.82, 2.24) is 24.6 Å². The summed E-state index contributed by atoms with van der Waals surface area (Å²) in [6, 6.07) is 1.70. The Morgan fingerprint density at radius 3 is 2.71 bits per heavy atom. The van der Waals surface area contributed by atoms with E-state index < -0.39 is 24.2 Å². The second-order valence-electron chi connectivity index (χ2n) is 6.30. The van der Waals surface area contributed by atoms with Crippen LogP contribution in [0.1, 0.15) is 28.4 Å². The highest BCUT2D eigenvalue weighted by molar-refractivity contribution is 5.86. The third-order valence-electron chi connectivity index (χ3n) is 4.62. The Bertz CT molecular complexity index is 1070. The number of hydrogen-bond donors (Lipinski definition) is 1. The number of carboxylic acid groups (broad SMARTS) is 1. The molecule has 0 amide bonds. The van der Waals surface area contributed by atoms with Crippen molar-refractivity contribution in [2.45, 2.75) is 18.8 Å². The molecule has 1 N–H and O–H groups in total. The van der Waals surface area contributed by atoms with Crippen LogP contribution in [0, 0.1) is 5.92 Å². The molecule has 3 aromatic heterocycles. The van der Waals surface area contributed by atoms with Gasteiger partial charge in [-0.1, -0.05) is 0 Å². The fraction of sp³-hybridized carbons (Fsp3) is 0.353. The second kappa shape index (κ2) is 6.66. The van der Waals surface area contributed by atoms with Crippen LogP contribution in [0.2, 0.25) is 0 Å².